The quantitative estimate of drug-likeness (QED) is 0.769. The Morgan fingerprint density at radius 1 is 1.19 bits per heavy atom. The van der Waals surface area contributed by atoms with Crippen LogP contribution < -0.4 is 10.1 Å². The number of methoxy groups -OCH3 is 1. The molecule has 26 heavy (non-hydrogen) atoms. The molecule has 0 amide bonds. The SMILES string of the molecule is COc1nc(NC2CCC(C)CC2)ncc1-c1ccc2cn(C)nc2c1. The van der Waals surface area contributed by atoms with Crippen molar-refractivity contribution >= 4 is 16.9 Å². The summed E-state index contributed by atoms with van der Waals surface area (Å²) in [6.45, 7) is 2.32. The van der Waals surface area contributed by atoms with Crippen molar-refractivity contribution in [2.75, 3.05) is 12.4 Å². The van der Waals surface area contributed by atoms with Gasteiger partial charge in [0.15, 0.2) is 0 Å². The third-order valence-corrected chi connectivity index (χ3v) is 5.23. The molecule has 1 N–H and O–H groups in total. The van der Waals surface area contributed by atoms with Gasteiger partial charge in [0.25, 0.3) is 0 Å². The minimum Gasteiger partial charge on any atom is -0.480 e. The van der Waals surface area contributed by atoms with Crippen molar-refractivity contribution in [3.8, 4) is 17.0 Å². The molecule has 0 radical (unpaired) electrons. The highest BCUT2D eigenvalue weighted by Gasteiger charge is 2.19. The van der Waals surface area contributed by atoms with Gasteiger partial charge in [0.2, 0.25) is 11.8 Å². The molecule has 3 aromatic rings. The van der Waals surface area contributed by atoms with Crippen LogP contribution in [0.25, 0.3) is 22.0 Å². The Bertz CT molecular complexity index is 912. The van der Waals surface area contributed by atoms with Crippen LogP contribution in [0.2, 0.25) is 0 Å². The van der Waals surface area contributed by atoms with Crippen LogP contribution in [0, 0.1) is 5.92 Å². The second kappa shape index (κ2) is 6.94. The Morgan fingerprint density at radius 2 is 2.00 bits per heavy atom. The zero-order valence-electron chi connectivity index (χ0n) is 15.6. The number of hydrogen-bond donors (Lipinski definition) is 1. The van der Waals surface area contributed by atoms with Crippen molar-refractivity contribution in [1.29, 1.82) is 0 Å². The van der Waals surface area contributed by atoms with Crippen LogP contribution in [-0.2, 0) is 7.05 Å². The van der Waals surface area contributed by atoms with Gasteiger partial charge in [-0.3, -0.25) is 4.68 Å². The van der Waals surface area contributed by atoms with Gasteiger partial charge in [-0.1, -0.05) is 19.1 Å². The summed E-state index contributed by atoms with van der Waals surface area (Å²) in [5.74, 6) is 2.05. The van der Waals surface area contributed by atoms with E-state index in [0.29, 0.717) is 17.9 Å². The number of aryl methyl sites for hydroxylation is 1. The van der Waals surface area contributed by atoms with Gasteiger partial charge in [-0.25, -0.2) is 4.98 Å². The van der Waals surface area contributed by atoms with E-state index in [0.717, 1.165) is 27.9 Å². The molecule has 1 fully saturated rings. The third-order valence-electron chi connectivity index (χ3n) is 5.23. The van der Waals surface area contributed by atoms with Gasteiger partial charge in [-0.15, -0.1) is 0 Å². The topological polar surface area (TPSA) is 64.9 Å². The largest absolute Gasteiger partial charge is 0.480 e. The summed E-state index contributed by atoms with van der Waals surface area (Å²) in [6, 6.07) is 6.62. The Hall–Kier alpha value is -2.63. The third kappa shape index (κ3) is 3.36. The summed E-state index contributed by atoms with van der Waals surface area (Å²) >= 11 is 0. The van der Waals surface area contributed by atoms with Crippen molar-refractivity contribution in [2.45, 2.75) is 38.6 Å². The summed E-state index contributed by atoms with van der Waals surface area (Å²) in [6.07, 6.45) is 8.71. The van der Waals surface area contributed by atoms with Crippen LogP contribution in [0.5, 0.6) is 5.88 Å². The first kappa shape index (κ1) is 16.8. The maximum absolute atomic E-state index is 5.55. The number of fused-ring (bicyclic) bond motifs is 1. The molecule has 6 heteroatoms. The zero-order chi connectivity index (χ0) is 18.1. The highest BCUT2D eigenvalue weighted by molar-refractivity contribution is 5.84. The van der Waals surface area contributed by atoms with Crippen LogP contribution in [0.3, 0.4) is 0 Å². The second-order valence-corrected chi connectivity index (χ2v) is 7.29. The average molecular weight is 351 g/mol. The van der Waals surface area contributed by atoms with E-state index in [-0.39, 0.29) is 0 Å². The van der Waals surface area contributed by atoms with Crippen LogP contribution in [-0.4, -0.2) is 32.9 Å². The number of nitrogens with zero attached hydrogens (tertiary/aromatic N) is 4. The fraction of sp³-hybridized carbons (Fsp3) is 0.450. The molecule has 0 aliphatic heterocycles. The molecule has 0 saturated heterocycles. The van der Waals surface area contributed by atoms with E-state index < -0.39 is 0 Å². The maximum Gasteiger partial charge on any atom is 0.226 e. The maximum atomic E-state index is 5.55. The summed E-state index contributed by atoms with van der Waals surface area (Å²) in [7, 11) is 3.58. The molecule has 2 aromatic heterocycles. The molecule has 6 nitrogen and oxygen atoms in total. The Labute approximate surface area is 153 Å². The van der Waals surface area contributed by atoms with Gasteiger partial charge in [0, 0.05) is 30.9 Å². The van der Waals surface area contributed by atoms with Gasteiger partial charge >= 0.3 is 0 Å². The highest BCUT2D eigenvalue weighted by Crippen LogP contribution is 2.31. The van der Waals surface area contributed by atoms with Gasteiger partial charge in [-0.05, 0) is 43.2 Å². The van der Waals surface area contributed by atoms with E-state index in [1.807, 2.05) is 30.2 Å². The molecular formula is C20H25N5O. The van der Waals surface area contributed by atoms with Gasteiger partial charge < -0.3 is 10.1 Å². The van der Waals surface area contributed by atoms with Gasteiger partial charge in [0.1, 0.15) is 0 Å². The lowest BCUT2D eigenvalue weighted by atomic mass is 9.87. The summed E-state index contributed by atoms with van der Waals surface area (Å²) in [5.41, 5.74) is 2.83. The predicted octanol–water partition coefficient (Wildman–Crippen LogP) is 4.03. The Morgan fingerprint density at radius 3 is 2.77 bits per heavy atom. The molecule has 0 unspecified atom stereocenters. The van der Waals surface area contributed by atoms with Crippen molar-refractivity contribution in [2.24, 2.45) is 13.0 Å². The van der Waals surface area contributed by atoms with Crippen LogP contribution in [0.4, 0.5) is 5.95 Å². The number of nitrogens with one attached hydrogen (secondary N) is 1. The molecule has 0 spiro atoms. The van der Waals surface area contributed by atoms with E-state index in [9.17, 15) is 0 Å². The predicted molar refractivity (Wildman–Crippen MR) is 103 cm³/mol. The normalized spacial score (nSPS) is 20.3. The van der Waals surface area contributed by atoms with Crippen LogP contribution in [0.15, 0.2) is 30.6 Å². The lowest BCUT2D eigenvalue weighted by Crippen LogP contribution is -2.26. The van der Waals surface area contributed by atoms with Gasteiger partial charge in [0.05, 0.1) is 18.2 Å². The molecule has 4 rings (SSSR count). The van der Waals surface area contributed by atoms with E-state index in [1.54, 1.807) is 7.11 Å². The molecule has 0 bridgehead atoms. The fourth-order valence-corrected chi connectivity index (χ4v) is 3.68. The number of rotatable bonds is 4. The molecule has 1 aliphatic rings. The first-order valence-corrected chi connectivity index (χ1v) is 9.23. The smallest absolute Gasteiger partial charge is 0.226 e. The number of anilines is 1. The number of aromatic nitrogens is 4. The van der Waals surface area contributed by atoms with Crippen molar-refractivity contribution in [3.05, 3.63) is 30.6 Å². The Kier molecular flexibility index (Phi) is 4.49. The number of hydrogen-bond acceptors (Lipinski definition) is 5. The summed E-state index contributed by atoms with van der Waals surface area (Å²) in [5, 5.41) is 9.06. The van der Waals surface area contributed by atoms with Gasteiger partial charge in [-0.2, -0.15) is 10.1 Å². The van der Waals surface area contributed by atoms with E-state index >= 15 is 0 Å². The zero-order valence-corrected chi connectivity index (χ0v) is 15.6. The van der Waals surface area contributed by atoms with Crippen LogP contribution >= 0.6 is 0 Å². The fourth-order valence-electron chi connectivity index (χ4n) is 3.68. The molecule has 1 saturated carbocycles. The van der Waals surface area contributed by atoms with E-state index in [2.05, 4.69) is 39.4 Å². The molecule has 2 heterocycles. The molecule has 136 valence electrons. The lowest BCUT2D eigenvalue weighted by Gasteiger charge is -2.27. The van der Waals surface area contributed by atoms with Crippen molar-refractivity contribution in [1.82, 2.24) is 19.7 Å². The molecule has 1 aliphatic carbocycles. The Balaban J connectivity index is 1.59. The highest BCUT2D eigenvalue weighted by atomic mass is 16.5. The first-order valence-electron chi connectivity index (χ1n) is 9.23. The average Bonchev–Trinajstić information content (AvgIpc) is 3.02. The minimum absolute atomic E-state index is 0.451. The first-order chi connectivity index (χ1) is 12.6. The summed E-state index contributed by atoms with van der Waals surface area (Å²) < 4.78 is 7.37. The number of benzene rings is 1. The van der Waals surface area contributed by atoms with Crippen molar-refractivity contribution < 1.29 is 4.74 Å². The monoisotopic (exact) mass is 351 g/mol. The number of ether oxygens (including phenoxy) is 1. The summed E-state index contributed by atoms with van der Waals surface area (Å²) in [4.78, 5) is 9.13. The minimum atomic E-state index is 0.451. The van der Waals surface area contributed by atoms with Crippen molar-refractivity contribution in [3.63, 3.8) is 0 Å². The molecule has 0 atom stereocenters. The standard InChI is InChI=1S/C20H25N5O/c1-13-4-8-16(9-5-13)22-20-21-11-17(19(23-20)26-3)14-6-7-15-12-25(2)24-18(15)10-14/h6-7,10-13,16H,4-5,8-9H2,1-3H3,(H,21,22,23). The van der Waals surface area contributed by atoms with E-state index in [1.165, 1.54) is 25.7 Å². The molecular weight excluding hydrogens is 326 g/mol. The van der Waals surface area contributed by atoms with E-state index in [4.69, 9.17) is 4.74 Å². The molecule has 1 aromatic carbocycles. The van der Waals surface area contributed by atoms with Crippen LogP contribution in [0.1, 0.15) is 32.6 Å². The lowest BCUT2D eigenvalue weighted by molar-refractivity contribution is 0.359. The second-order valence-electron chi connectivity index (χ2n) is 7.29.